The van der Waals surface area contributed by atoms with E-state index in [1.807, 2.05) is 42.5 Å². The number of allylic oxidation sites excluding steroid dienone is 1. The molecule has 4 nitrogen and oxygen atoms in total. The maximum Gasteiger partial charge on any atom is 0.141 e. The van der Waals surface area contributed by atoms with Crippen LogP contribution in [0, 0.1) is 10.2 Å². The van der Waals surface area contributed by atoms with Gasteiger partial charge in [0.25, 0.3) is 0 Å². The number of hydrogen-bond donors (Lipinski definition) is 0. The summed E-state index contributed by atoms with van der Waals surface area (Å²) >= 11 is 0. The molecule has 0 N–H and O–H groups in total. The second kappa shape index (κ2) is 4.72. The van der Waals surface area contributed by atoms with Gasteiger partial charge in [-0.25, -0.2) is 0 Å². The van der Waals surface area contributed by atoms with Gasteiger partial charge in [0, 0.05) is 5.37 Å². The van der Waals surface area contributed by atoms with Crippen LogP contribution >= 0.6 is 10.8 Å². The van der Waals surface area contributed by atoms with Crippen LogP contribution in [-0.4, -0.2) is 5.37 Å². The molecule has 1 atom stereocenters. The average Bonchev–Trinajstić information content (AvgIpc) is 2.35. The Kier molecular flexibility index (Phi) is 3.18. The van der Waals surface area contributed by atoms with Crippen LogP contribution in [0.25, 0.3) is 16.8 Å². The van der Waals surface area contributed by atoms with Gasteiger partial charge in [-0.05, 0) is 28.5 Å². The first-order chi connectivity index (χ1) is 9.03. The Bertz CT molecular complexity index is 703. The molecule has 0 saturated carbocycles. The third kappa shape index (κ3) is 2.71. The highest BCUT2D eigenvalue weighted by molar-refractivity contribution is 8.11. The largest absolute Gasteiger partial charge is 0.182 e. The minimum absolute atomic E-state index is 0.702. The van der Waals surface area contributed by atoms with Gasteiger partial charge in [0.15, 0.2) is 0 Å². The average molecular weight is 297 g/mol. The first kappa shape index (κ1) is 12.8. The second-order valence-corrected chi connectivity index (χ2v) is 6.54. The molecule has 3 rings (SSSR count). The lowest BCUT2D eigenvalue weighted by atomic mass is 10.1. The van der Waals surface area contributed by atoms with Gasteiger partial charge >= 0.3 is 0 Å². The SMILES string of the molecule is [O-][Cl+3]([O-])([O-])OS1=CC=Cc2cc3ccccc3cc21. The highest BCUT2D eigenvalue weighted by Gasteiger charge is 2.25. The Hall–Kier alpha value is -1.21. The molecule has 0 bridgehead atoms. The van der Waals surface area contributed by atoms with Gasteiger partial charge in [-0.15, -0.1) is 0 Å². The van der Waals surface area contributed by atoms with Crippen LogP contribution < -0.4 is 14.0 Å². The smallest absolute Gasteiger partial charge is 0.141 e. The Morgan fingerprint density at radius 3 is 2.37 bits per heavy atom. The maximum absolute atomic E-state index is 10.7. The van der Waals surface area contributed by atoms with Crippen LogP contribution in [0.5, 0.6) is 0 Å². The van der Waals surface area contributed by atoms with Gasteiger partial charge in [0.2, 0.25) is 0 Å². The molecule has 1 aliphatic rings. The molecule has 0 radical (unpaired) electrons. The summed E-state index contributed by atoms with van der Waals surface area (Å²) in [4.78, 5) is 0.702. The summed E-state index contributed by atoms with van der Waals surface area (Å²) in [6.07, 6.45) is 3.56. The van der Waals surface area contributed by atoms with Gasteiger partial charge in [-0.3, -0.25) is 0 Å². The third-order valence-corrected chi connectivity index (χ3v) is 5.07. The van der Waals surface area contributed by atoms with E-state index in [0.29, 0.717) is 4.90 Å². The minimum atomic E-state index is -4.44. The van der Waals surface area contributed by atoms with Gasteiger partial charge in [0.05, 0.1) is 15.1 Å². The lowest BCUT2D eigenvalue weighted by molar-refractivity contribution is -1.91. The molecule has 1 aliphatic heterocycles. The zero-order valence-corrected chi connectivity index (χ0v) is 11.2. The molecule has 0 spiro atoms. The summed E-state index contributed by atoms with van der Waals surface area (Å²) in [5, 5.41) is 3.60. The molecule has 0 aliphatic carbocycles. The van der Waals surface area contributed by atoms with Crippen molar-refractivity contribution in [3.05, 3.63) is 48.0 Å². The van der Waals surface area contributed by atoms with Crippen molar-refractivity contribution in [2.75, 3.05) is 0 Å². The molecule has 0 saturated heterocycles. The minimum Gasteiger partial charge on any atom is -0.182 e. The fourth-order valence-electron chi connectivity index (χ4n) is 1.97. The fraction of sp³-hybridized carbons (Fsp3) is 0. The monoisotopic (exact) mass is 296 g/mol. The Labute approximate surface area is 114 Å². The molecular formula is C13H9ClO4S. The van der Waals surface area contributed by atoms with Crippen molar-refractivity contribution in [2.24, 2.45) is 0 Å². The van der Waals surface area contributed by atoms with Crippen LogP contribution in [0.3, 0.4) is 0 Å². The summed E-state index contributed by atoms with van der Waals surface area (Å²) < 4.78 is 36.8. The first-order valence-electron chi connectivity index (χ1n) is 5.41. The molecule has 98 valence electrons. The van der Waals surface area contributed by atoms with Crippen molar-refractivity contribution in [3.63, 3.8) is 0 Å². The molecule has 0 amide bonds. The Morgan fingerprint density at radius 1 is 1.00 bits per heavy atom. The van der Waals surface area contributed by atoms with Crippen LogP contribution in [0.1, 0.15) is 5.56 Å². The van der Waals surface area contributed by atoms with E-state index >= 15 is 0 Å². The van der Waals surface area contributed by atoms with E-state index in [1.54, 1.807) is 11.4 Å². The number of fused-ring (bicyclic) bond motifs is 2. The third-order valence-electron chi connectivity index (χ3n) is 2.72. The van der Waals surface area contributed by atoms with Gasteiger partial charge in [-0.2, -0.15) is 14.0 Å². The Balaban J connectivity index is 2.13. The van der Waals surface area contributed by atoms with Crippen LogP contribution in [0.15, 0.2) is 47.4 Å². The molecule has 0 aromatic heterocycles. The highest BCUT2D eigenvalue weighted by atomic mass is 35.7. The van der Waals surface area contributed by atoms with Crippen molar-refractivity contribution in [1.29, 1.82) is 0 Å². The quantitative estimate of drug-likeness (QED) is 0.738. The molecule has 6 heteroatoms. The predicted octanol–water partition coefficient (Wildman–Crippen LogP) is 0.125. The molecule has 2 aromatic carbocycles. The van der Waals surface area contributed by atoms with E-state index in [-0.39, 0.29) is 0 Å². The van der Waals surface area contributed by atoms with Gasteiger partial charge < -0.3 is 0 Å². The molecule has 19 heavy (non-hydrogen) atoms. The van der Waals surface area contributed by atoms with Gasteiger partial charge in [-0.1, -0.05) is 36.4 Å². The number of benzene rings is 2. The predicted molar refractivity (Wildman–Crippen MR) is 66.0 cm³/mol. The number of rotatable bonds is 2. The van der Waals surface area contributed by atoms with E-state index in [4.69, 9.17) is 0 Å². The summed E-state index contributed by atoms with van der Waals surface area (Å²) in [5.74, 6) is 0. The van der Waals surface area contributed by atoms with E-state index in [0.717, 1.165) is 16.3 Å². The normalized spacial score (nSPS) is 18.2. The molecule has 1 heterocycles. The van der Waals surface area contributed by atoms with Crippen molar-refractivity contribution >= 4 is 33.0 Å². The van der Waals surface area contributed by atoms with E-state index in [2.05, 4.69) is 3.74 Å². The summed E-state index contributed by atoms with van der Waals surface area (Å²) in [5.41, 5.74) is 0.864. The summed E-state index contributed by atoms with van der Waals surface area (Å²) in [6, 6.07) is 11.5. The standard InChI is InChI=1S/C13H9ClO4S/c15-14(16,17)18-19-7-3-6-12-8-10-4-1-2-5-11(10)9-13(12)19/h1-9H. The highest BCUT2D eigenvalue weighted by Crippen LogP contribution is 2.38. The molecule has 0 fully saturated rings. The van der Waals surface area contributed by atoms with Gasteiger partial charge in [0.1, 0.15) is 14.5 Å². The molecule has 2 aromatic rings. The van der Waals surface area contributed by atoms with Crippen LogP contribution in [-0.2, 0) is 3.74 Å². The Morgan fingerprint density at radius 2 is 1.68 bits per heavy atom. The van der Waals surface area contributed by atoms with E-state index in [9.17, 15) is 14.0 Å². The molecule has 1 unspecified atom stereocenters. The zero-order valence-electron chi connectivity index (χ0n) is 9.62. The van der Waals surface area contributed by atoms with Crippen molar-refractivity contribution in [1.82, 2.24) is 0 Å². The van der Waals surface area contributed by atoms with E-state index in [1.165, 1.54) is 0 Å². The fourth-order valence-corrected chi connectivity index (χ4v) is 4.04. The lowest BCUT2D eigenvalue weighted by Gasteiger charge is -2.16. The van der Waals surface area contributed by atoms with Crippen molar-refractivity contribution in [3.8, 4) is 0 Å². The summed E-state index contributed by atoms with van der Waals surface area (Å²) in [6.45, 7) is 0. The maximum atomic E-state index is 10.7. The van der Waals surface area contributed by atoms with E-state index < -0.39 is 21.0 Å². The molecular weight excluding hydrogens is 288 g/mol. The lowest BCUT2D eigenvalue weighted by Crippen LogP contribution is -2.60. The zero-order chi connectivity index (χ0) is 13.5. The van der Waals surface area contributed by atoms with Crippen LogP contribution in [0.4, 0.5) is 0 Å². The van der Waals surface area contributed by atoms with Crippen molar-refractivity contribution in [2.45, 2.75) is 4.90 Å². The number of hydrogen-bond acceptors (Lipinski definition) is 4. The number of halogens is 1. The second-order valence-electron chi connectivity index (χ2n) is 3.97. The van der Waals surface area contributed by atoms with Crippen LogP contribution in [0.2, 0.25) is 0 Å². The topological polar surface area (TPSA) is 78.4 Å². The van der Waals surface area contributed by atoms with Crippen molar-refractivity contribution < 1.29 is 28.0 Å². The summed E-state index contributed by atoms with van der Waals surface area (Å²) in [7, 11) is -5.61. The first-order valence-corrected chi connectivity index (χ1v) is 7.86.